The van der Waals surface area contributed by atoms with Gasteiger partial charge < -0.3 is 29.2 Å². The van der Waals surface area contributed by atoms with Crippen molar-refractivity contribution in [3.8, 4) is 0 Å². The first-order chi connectivity index (χ1) is 9.03. The number of aliphatic hydroxyl groups is 2. The summed E-state index contributed by atoms with van der Waals surface area (Å²) in [6, 6.07) is 0. The molecule has 0 saturated carbocycles. The highest BCUT2D eigenvalue weighted by Gasteiger charge is 2.13. The van der Waals surface area contributed by atoms with Crippen LogP contribution in [0.3, 0.4) is 0 Å². The highest BCUT2D eigenvalue weighted by molar-refractivity contribution is 5.59. The van der Waals surface area contributed by atoms with Crippen LogP contribution >= 0.6 is 0 Å². The Hall–Kier alpha value is -0.890. The van der Waals surface area contributed by atoms with Gasteiger partial charge in [0.05, 0.1) is 32.0 Å². The summed E-state index contributed by atoms with van der Waals surface area (Å²) in [5.41, 5.74) is 0. The molecule has 0 aromatic carbocycles. The Morgan fingerprint density at radius 1 is 1.00 bits per heavy atom. The van der Waals surface area contributed by atoms with Crippen LogP contribution < -0.4 is 0 Å². The zero-order chi connectivity index (χ0) is 14.7. The monoisotopic (exact) mass is 280 g/mol. The van der Waals surface area contributed by atoms with Crippen LogP contribution in [0, 0.1) is 5.92 Å². The number of aliphatic hydroxyl groups excluding tert-OH is 2. The molecule has 0 aliphatic heterocycles. The van der Waals surface area contributed by atoms with Gasteiger partial charge in [0.2, 0.25) is 0 Å². The fourth-order valence-electron chi connectivity index (χ4n) is 0.992. The Morgan fingerprint density at radius 2 is 1.58 bits per heavy atom. The molecule has 0 aromatic rings. The van der Waals surface area contributed by atoms with Crippen LogP contribution in [0.1, 0.15) is 13.8 Å². The Balaban J connectivity index is 3.66. The van der Waals surface area contributed by atoms with Gasteiger partial charge in [0.15, 0.2) is 0 Å². The van der Waals surface area contributed by atoms with Crippen LogP contribution in [0.15, 0.2) is 0 Å². The minimum Gasteiger partial charge on any atom is -0.434 e. The molecule has 0 aromatic heterocycles. The smallest absolute Gasteiger partial charge is 0.434 e. The first-order valence-electron chi connectivity index (χ1n) is 6.19. The zero-order valence-electron chi connectivity index (χ0n) is 11.7. The van der Waals surface area contributed by atoms with E-state index in [1.54, 1.807) is 14.0 Å². The number of carbonyl (C=O) groups excluding carboxylic acids is 1. The second kappa shape index (κ2) is 11.0. The Labute approximate surface area is 113 Å². The van der Waals surface area contributed by atoms with Crippen LogP contribution in [0.4, 0.5) is 4.79 Å². The molecule has 0 fully saturated rings. The number of rotatable bonds is 10. The maximum Gasteiger partial charge on any atom is 0.508 e. The fourth-order valence-corrected chi connectivity index (χ4v) is 0.992. The van der Waals surface area contributed by atoms with E-state index >= 15 is 0 Å². The van der Waals surface area contributed by atoms with E-state index in [0.717, 1.165) is 0 Å². The van der Waals surface area contributed by atoms with E-state index < -0.39 is 12.1 Å². The lowest BCUT2D eigenvalue weighted by Crippen LogP contribution is -2.25. The van der Waals surface area contributed by atoms with Crippen molar-refractivity contribution in [3.05, 3.63) is 0 Å². The Kier molecular flexibility index (Phi) is 10.5. The van der Waals surface area contributed by atoms with Gasteiger partial charge in [0, 0.05) is 13.0 Å². The molecule has 0 saturated heterocycles. The van der Waals surface area contributed by atoms with E-state index in [0.29, 0.717) is 6.61 Å². The maximum atomic E-state index is 11.2. The lowest BCUT2D eigenvalue weighted by atomic mass is 10.2. The average Bonchev–Trinajstić information content (AvgIpc) is 2.43. The molecular weight excluding hydrogens is 256 g/mol. The molecular formula is C12H24O7. The van der Waals surface area contributed by atoms with Crippen LogP contribution in [-0.2, 0) is 18.9 Å². The van der Waals surface area contributed by atoms with Crippen LogP contribution in [0.25, 0.3) is 0 Å². The third-order valence-electron chi connectivity index (χ3n) is 2.41. The van der Waals surface area contributed by atoms with Crippen molar-refractivity contribution in [1.29, 1.82) is 0 Å². The molecule has 2 N–H and O–H groups in total. The summed E-state index contributed by atoms with van der Waals surface area (Å²) >= 11 is 0. The summed E-state index contributed by atoms with van der Waals surface area (Å²) in [5, 5.41) is 17.6. The van der Waals surface area contributed by atoms with Crippen molar-refractivity contribution >= 4 is 6.16 Å². The van der Waals surface area contributed by atoms with Crippen molar-refractivity contribution in [1.82, 2.24) is 0 Å². The van der Waals surface area contributed by atoms with E-state index in [1.165, 1.54) is 0 Å². The van der Waals surface area contributed by atoms with Gasteiger partial charge in [-0.2, -0.15) is 0 Å². The van der Waals surface area contributed by atoms with E-state index in [4.69, 9.17) is 29.2 Å². The van der Waals surface area contributed by atoms with Gasteiger partial charge in [-0.25, -0.2) is 4.79 Å². The number of methoxy groups -OCH3 is 1. The number of hydrogen-bond donors (Lipinski definition) is 2. The first kappa shape index (κ1) is 18.1. The minimum absolute atomic E-state index is 0.0238. The molecule has 19 heavy (non-hydrogen) atoms. The van der Waals surface area contributed by atoms with E-state index in [1.807, 2.05) is 6.92 Å². The predicted molar refractivity (Wildman–Crippen MR) is 66.8 cm³/mol. The molecule has 0 aliphatic carbocycles. The molecule has 2 unspecified atom stereocenters. The molecule has 0 amide bonds. The van der Waals surface area contributed by atoms with Crippen LogP contribution in [0.5, 0.6) is 0 Å². The molecule has 0 rings (SSSR count). The number of ether oxygens (including phenoxy) is 4. The second-order valence-corrected chi connectivity index (χ2v) is 4.29. The summed E-state index contributed by atoms with van der Waals surface area (Å²) in [5.74, 6) is -0.483. The third kappa shape index (κ3) is 9.66. The first-order valence-corrected chi connectivity index (χ1v) is 6.19. The molecule has 114 valence electrons. The molecule has 0 aliphatic rings. The van der Waals surface area contributed by atoms with Gasteiger partial charge in [-0.05, 0) is 13.8 Å². The molecule has 0 bridgehead atoms. The van der Waals surface area contributed by atoms with Crippen LogP contribution in [0.2, 0.25) is 0 Å². The topological polar surface area (TPSA) is 94.5 Å². The summed E-state index contributed by atoms with van der Waals surface area (Å²) in [6.07, 6.45) is -1.14. The van der Waals surface area contributed by atoms with Crippen molar-refractivity contribution in [3.63, 3.8) is 0 Å². The van der Waals surface area contributed by atoms with Gasteiger partial charge >= 0.3 is 6.16 Å². The van der Waals surface area contributed by atoms with Crippen molar-refractivity contribution in [2.24, 2.45) is 5.92 Å². The molecule has 2 atom stereocenters. The molecule has 7 heteroatoms. The van der Waals surface area contributed by atoms with Gasteiger partial charge in [0.25, 0.3) is 0 Å². The van der Waals surface area contributed by atoms with Crippen molar-refractivity contribution < 1.29 is 34.0 Å². The maximum absolute atomic E-state index is 11.2. The van der Waals surface area contributed by atoms with Gasteiger partial charge in [-0.15, -0.1) is 0 Å². The van der Waals surface area contributed by atoms with Gasteiger partial charge in [-0.1, -0.05) is 0 Å². The normalized spacial score (nSPS) is 14.2. The molecule has 0 spiro atoms. The molecule has 0 radical (unpaired) electrons. The summed E-state index contributed by atoms with van der Waals surface area (Å²) < 4.78 is 19.9. The zero-order valence-corrected chi connectivity index (χ0v) is 11.7. The highest BCUT2D eigenvalue weighted by Crippen LogP contribution is 2.00. The van der Waals surface area contributed by atoms with E-state index in [2.05, 4.69) is 0 Å². The number of hydrogen-bond acceptors (Lipinski definition) is 7. The van der Waals surface area contributed by atoms with E-state index in [9.17, 15) is 4.79 Å². The quantitative estimate of drug-likeness (QED) is 0.551. The Bertz CT molecular complexity index is 230. The summed E-state index contributed by atoms with van der Waals surface area (Å²) in [6.45, 7) is 3.52. The highest BCUT2D eigenvalue weighted by atomic mass is 16.7. The Morgan fingerprint density at radius 3 is 2.11 bits per heavy atom. The lowest BCUT2D eigenvalue weighted by Gasteiger charge is -2.16. The summed E-state index contributed by atoms with van der Waals surface area (Å²) in [7, 11) is 1.59. The fraction of sp³-hybridized carbons (Fsp3) is 0.917. The average molecular weight is 280 g/mol. The SMILES string of the molecule is COC(C)COC(C)COC(=O)OCC(CO)CO. The molecule has 7 nitrogen and oxygen atoms in total. The van der Waals surface area contributed by atoms with Crippen molar-refractivity contribution in [2.45, 2.75) is 26.1 Å². The standard InChI is InChI=1S/C12H24O7/c1-9(16-3)6-17-10(2)7-18-12(15)19-8-11(4-13)5-14/h9-11,13-14H,4-8H2,1-3H3. The third-order valence-corrected chi connectivity index (χ3v) is 2.41. The second-order valence-electron chi connectivity index (χ2n) is 4.29. The number of carbonyl (C=O) groups is 1. The lowest BCUT2D eigenvalue weighted by molar-refractivity contribution is -0.0461. The minimum atomic E-state index is -0.845. The predicted octanol–water partition coefficient (Wildman–Crippen LogP) is 0.180. The summed E-state index contributed by atoms with van der Waals surface area (Å²) in [4.78, 5) is 11.2. The largest absolute Gasteiger partial charge is 0.508 e. The van der Waals surface area contributed by atoms with Gasteiger partial charge in [-0.3, -0.25) is 0 Å². The van der Waals surface area contributed by atoms with Crippen LogP contribution in [-0.4, -0.2) is 68.7 Å². The van der Waals surface area contributed by atoms with E-state index in [-0.39, 0.29) is 38.6 Å². The van der Waals surface area contributed by atoms with Gasteiger partial charge in [0.1, 0.15) is 13.2 Å². The van der Waals surface area contributed by atoms with Crippen molar-refractivity contribution in [2.75, 3.05) is 40.1 Å². The molecule has 0 heterocycles.